The average molecular weight is 195 g/mol. The summed E-state index contributed by atoms with van der Waals surface area (Å²) in [5, 5.41) is 18.4. The summed E-state index contributed by atoms with van der Waals surface area (Å²) in [5.41, 5.74) is 7.23. The van der Waals surface area contributed by atoms with E-state index in [0.29, 0.717) is 17.9 Å². The predicted octanol–water partition coefficient (Wildman–Crippen LogP) is 0.667. The van der Waals surface area contributed by atoms with E-state index in [-0.39, 0.29) is 18.4 Å². The summed E-state index contributed by atoms with van der Waals surface area (Å²) in [6, 6.07) is 3.15. The van der Waals surface area contributed by atoms with Gasteiger partial charge in [0.15, 0.2) is 0 Å². The van der Waals surface area contributed by atoms with Crippen LogP contribution in [-0.4, -0.2) is 16.8 Å². The lowest BCUT2D eigenvalue weighted by Crippen LogP contribution is -2.20. The summed E-state index contributed by atoms with van der Waals surface area (Å²) in [6.07, 6.45) is 0.767. The Morgan fingerprint density at radius 3 is 3.00 bits per heavy atom. The maximum Gasteiger partial charge on any atom is 0.127 e. The molecule has 0 amide bonds. The largest absolute Gasteiger partial charge is 0.507 e. The Morgan fingerprint density at radius 1 is 1.50 bits per heavy atom. The van der Waals surface area contributed by atoms with Gasteiger partial charge in [-0.3, -0.25) is 0 Å². The molecular weight excluding hydrogens is 182 g/mol. The summed E-state index contributed by atoms with van der Waals surface area (Å²) in [7, 11) is 0. The van der Waals surface area contributed by atoms with Gasteiger partial charge < -0.3 is 20.7 Å². The molecule has 14 heavy (non-hydrogen) atoms. The van der Waals surface area contributed by atoms with Gasteiger partial charge in [-0.15, -0.1) is 0 Å². The Kier molecular flexibility index (Phi) is 2.31. The highest BCUT2D eigenvalue weighted by Gasteiger charge is 2.20. The van der Waals surface area contributed by atoms with Crippen LogP contribution >= 0.6 is 0 Å². The van der Waals surface area contributed by atoms with Gasteiger partial charge in [0.1, 0.15) is 11.5 Å². The zero-order valence-electron chi connectivity index (χ0n) is 7.73. The summed E-state index contributed by atoms with van der Waals surface area (Å²) in [5.74, 6) is 0.679. The molecule has 1 unspecified atom stereocenters. The molecule has 0 spiro atoms. The summed E-state index contributed by atoms with van der Waals surface area (Å²) in [6.45, 7) is 0.387. The van der Waals surface area contributed by atoms with Gasteiger partial charge in [0.05, 0.1) is 13.2 Å². The highest BCUT2D eigenvalue weighted by molar-refractivity contribution is 5.47. The standard InChI is InChI=1S/C10H13NO3/c11-8-1-2-14-10-4-9(13)6(5-12)3-7(8)10/h3-4,8,12-13H,1-2,5,11H2. The molecule has 76 valence electrons. The van der Waals surface area contributed by atoms with Crippen molar-refractivity contribution in [1.29, 1.82) is 0 Å². The van der Waals surface area contributed by atoms with E-state index in [1.54, 1.807) is 6.07 Å². The molecule has 1 aromatic rings. The van der Waals surface area contributed by atoms with Crippen molar-refractivity contribution in [2.75, 3.05) is 6.61 Å². The third-order valence-corrected chi connectivity index (χ3v) is 2.47. The lowest BCUT2D eigenvalue weighted by molar-refractivity contribution is 0.260. The van der Waals surface area contributed by atoms with Crippen LogP contribution in [0.1, 0.15) is 23.6 Å². The van der Waals surface area contributed by atoms with E-state index in [1.165, 1.54) is 6.07 Å². The number of hydrogen-bond acceptors (Lipinski definition) is 4. The van der Waals surface area contributed by atoms with Crippen LogP contribution in [0.25, 0.3) is 0 Å². The van der Waals surface area contributed by atoms with Crippen molar-refractivity contribution in [3.05, 3.63) is 23.3 Å². The molecule has 0 bridgehead atoms. The summed E-state index contributed by atoms with van der Waals surface area (Å²) < 4.78 is 5.35. The first-order valence-electron chi connectivity index (χ1n) is 4.57. The number of nitrogens with two attached hydrogens (primary N) is 1. The molecule has 1 atom stereocenters. The second-order valence-corrected chi connectivity index (χ2v) is 3.42. The van der Waals surface area contributed by atoms with E-state index in [4.69, 9.17) is 15.6 Å². The first kappa shape index (κ1) is 9.30. The number of ether oxygens (including phenoxy) is 1. The summed E-state index contributed by atoms with van der Waals surface area (Å²) in [4.78, 5) is 0. The monoisotopic (exact) mass is 195 g/mol. The zero-order valence-corrected chi connectivity index (χ0v) is 7.73. The molecule has 1 aromatic carbocycles. The fourth-order valence-corrected chi connectivity index (χ4v) is 1.63. The van der Waals surface area contributed by atoms with Crippen molar-refractivity contribution < 1.29 is 14.9 Å². The maximum atomic E-state index is 9.47. The molecule has 0 aromatic heterocycles. The van der Waals surface area contributed by atoms with Gasteiger partial charge in [0.25, 0.3) is 0 Å². The number of phenols is 1. The number of aliphatic hydroxyl groups excluding tert-OH is 1. The smallest absolute Gasteiger partial charge is 0.127 e. The second kappa shape index (κ2) is 3.48. The van der Waals surface area contributed by atoms with Crippen LogP contribution in [-0.2, 0) is 6.61 Å². The second-order valence-electron chi connectivity index (χ2n) is 3.42. The third-order valence-electron chi connectivity index (χ3n) is 2.47. The maximum absolute atomic E-state index is 9.47. The van der Waals surface area contributed by atoms with E-state index in [2.05, 4.69) is 0 Å². The van der Waals surface area contributed by atoms with Gasteiger partial charge in [-0.05, 0) is 6.07 Å². The van der Waals surface area contributed by atoms with Crippen molar-refractivity contribution in [3.8, 4) is 11.5 Å². The number of hydrogen-bond donors (Lipinski definition) is 3. The molecule has 0 aliphatic carbocycles. The van der Waals surface area contributed by atoms with E-state index in [0.717, 1.165) is 12.0 Å². The van der Waals surface area contributed by atoms with Crippen LogP contribution in [0.4, 0.5) is 0 Å². The number of rotatable bonds is 1. The van der Waals surface area contributed by atoms with Crippen LogP contribution in [0.15, 0.2) is 12.1 Å². The minimum atomic E-state index is -0.189. The predicted molar refractivity (Wildman–Crippen MR) is 51.1 cm³/mol. The number of fused-ring (bicyclic) bond motifs is 1. The van der Waals surface area contributed by atoms with Gasteiger partial charge in [0.2, 0.25) is 0 Å². The Labute approximate surface area is 81.9 Å². The molecule has 4 nitrogen and oxygen atoms in total. The number of aliphatic hydroxyl groups is 1. The van der Waals surface area contributed by atoms with Crippen LogP contribution in [0, 0.1) is 0 Å². The quantitative estimate of drug-likeness (QED) is 0.615. The average Bonchev–Trinajstić information content (AvgIpc) is 2.17. The SMILES string of the molecule is NC1CCOc2cc(O)c(CO)cc21. The molecular formula is C10H13NO3. The van der Waals surface area contributed by atoms with Crippen molar-refractivity contribution in [3.63, 3.8) is 0 Å². The van der Waals surface area contributed by atoms with E-state index in [9.17, 15) is 5.11 Å². The normalized spacial score (nSPS) is 20.0. The van der Waals surface area contributed by atoms with Crippen LogP contribution in [0.2, 0.25) is 0 Å². The van der Waals surface area contributed by atoms with Crippen molar-refractivity contribution in [2.45, 2.75) is 19.1 Å². The number of benzene rings is 1. The molecule has 1 aliphatic rings. The fourth-order valence-electron chi connectivity index (χ4n) is 1.63. The first-order valence-corrected chi connectivity index (χ1v) is 4.57. The van der Waals surface area contributed by atoms with Gasteiger partial charge in [-0.25, -0.2) is 0 Å². The first-order chi connectivity index (χ1) is 6.72. The van der Waals surface area contributed by atoms with Gasteiger partial charge in [0, 0.05) is 29.7 Å². The van der Waals surface area contributed by atoms with Gasteiger partial charge in [-0.2, -0.15) is 0 Å². The lowest BCUT2D eigenvalue weighted by Gasteiger charge is -2.23. The van der Waals surface area contributed by atoms with Gasteiger partial charge >= 0.3 is 0 Å². The van der Waals surface area contributed by atoms with E-state index >= 15 is 0 Å². The highest BCUT2D eigenvalue weighted by atomic mass is 16.5. The van der Waals surface area contributed by atoms with Gasteiger partial charge in [-0.1, -0.05) is 0 Å². The Hall–Kier alpha value is -1.26. The van der Waals surface area contributed by atoms with Crippen molar-refractivity contribution in [2.24, 2.45) is 5.73 Å². The molecule has 0 radical (unpaired) electrons. The zero-order chi connectivity index (χ0) is 10.1. The molecule has 0 saturated heterocycles. The minimum Gasteiger partial charge on any atom is -0.507 e. The van der Waals surface area contributed by atoms with Crippen molar-refractivity contribution >= 4 is 0 Å². The summed E-state index contributed by atoms with van der Waals surface area (Å²) >= 11 is 0. The van der Waals surface area contributed by atoms with Crippen LogP contribution < -0.4 is 10.5 Å². The minimum absolute atomic E-state index is 0.0559. The molecule has 4 heteroatoms. The van der Waals surface area contributed by atoms with E-state index < -0.39 is 0 Å². The molecule has 1 heterocycles. The Bertz CT molecular complexity index is 351. The molecule has 1 aliphatic heterocycles. The van der Waals surface area contributed by atoms with Crippen molar-refractivity contribution in [1.82, 2.24) is 0 Å². The molecule has 0 fully saturated rings. The Balaban J connectivity index is 2.49. The third kappa shape index (κ3) is 1.42. The lowest BCUT2D eigenvalue weighted by atomic mass is 9.99. The topological polar surface area (TPSA) is 75.7 Å². The highest BCUT2D eigenvalue weighted by Crippen LogP contribution is 2.35. The molecule has 2 rings (SSSR count). The van der Waals surface area contributed by atoms with Crippen LogP contribution in [0.3, 0.4) is 0 Å². The molecule has 0 saturated carbocycles. The van der Waals surface area contributed by atoms with E-state index in [1.807, 2.05) is 0 Å². The Morgan fingerprint density at radius 2 is 2.29 bits per heavy atom. The molecule has 4 N–H and O–H groups in total. The van der Waals surface area contributed by atoms with Crippen LogP contribution in [0.5, 0.6) is 11.5 Å². The number of aromatic hydroxyl groups is 1. The fraction of sp³-hybridized carbons (Fsp3) is 0.400.